The molecule has 0 fully saturated rings. The molecule has 0 aromatic heterocycles. The highest BCUT2D eigenvalue weighted by atomic mass is 35.5. The van der Waals surface area contributed by atoms with Gasteiger partial charge in [-0.25, -0.2) is 0 Å². The molecule has 1 atom stereocenters. The second-order valence-electron chi connectivity index (χ2n) is 5.10. The van der Waals surface area contributed by atoms with Crippen LogP contribution in [0.1, 0.15) is 30.5 Å². The molecule has 22 heavy (non-hydrogen) atoms. The smallest absolute Gasteiger partial charge is 0.224 e. The number of amides is 1. The monoisotopic (exact) mass is 317 g/mol. The summed E-state index contributed by atoms with van der Waals surface area (Å²) in [6.45, 7) is 2.05. The number of rotatable bonds is 6. The zero-order valence-electron chi connectivity index (χ0n) is 12.8. The van der Waals surface area contributed by atoms with Gasteiger partial charge in [0, 0.05) is 5.02 Å². The van der Waals surface area contributed by atoms with Crippen LogP contribution >= 0.6 is 11.6 Å². The third-order valence-corrected chi connectivity index (χ3v) is 3.79. The van der Waals surface area contributed by atoms with E-state index in [2.05, 4.69) is 12.2 Å². The van der Waals surface area contributed by atoms with Crippen LogP contribution in [0.4, 0.5) is 0 Å². The molecule has 0 aliphatic heterocycles. The van der Waals surface area contributed by atoms with Gasteiger partial charge < -0.3 is 10.1 Å². The van der Waals surface area contributed by atoms with Crippen LogP contribution in [-0.2, 0) is 11.2 Å². The van der Waals surface area contributed by atoms with Crippen LogP contribution in [0.5, 0.6) is 5.75 Å². The number of ether oxygens (including phenoxy) is 1. The molecule has 0 unspecified atom stereocenters. The number of methoxy groups -OCH3 is 1. The second kappa shape index (κ2) is 7.85. The molecule has 1 amide bonds. The Morgan fingerprint density at radius 3 is 2.32 bits per heavy atom. The van der Waals surface area contributed by atoms with E-state index in [1.54, 1.807) is 19.2 Å². The third kappa shape index (κ3) is 4.50. The van der Waals surface area contributed by atoms with Gasteiger partial charge in [0.1, 0.15) is 5.75 Å². The Balaban J connectivity index is 1.99. The molecular weight excluding hydrogens is 298 g/mol. The number of carbonyl (C=O) groups is 1. The van der Waals surface area contributed by atoms with Crippen molar-refractivity contribution < 1.29 is 9.53 Å². The number of hydrogen-bond donors (Lipinski definition) is 1. The Hall–Kier alpha value is -2.00. The third-order valence-electron chi connectivity index (χ3n) is 3.54. The van der Waals surface area contributed by atoms with Crippen molar-refractivity contribution >= 4 is 17.5 Å². The minimum atomic E-state index is 0.00462. The summed E-state index contributed by atoms with van der Waals surface area (Å²) in [5.41, 5.74) is 2.03. The summed E-state index contributed by atoms with van der Waals surface area (Å²) >= 11 is 5.85. The summed E-state index contributed by atoms with van der Waals surface area (Å²) in [6, 6.07) is 15.1. The number of hydrogen-bond acceptors (Lipinski definition) is 2. The van der Waals surface area contributed by atoms with E-state index in [1.807, 2.05) is 36.4 Å². The van der Waals surface area contributed by atoms with E-state index in [-0.39, 0.29) is 11.9 Å². The minimum absolute atomic E-state index is 0.00462. The standard InChI is InChI=1S/C18H20ClNO2/c1-3-17(14-6-10-16(22-2)11-7-14)20-18(21)12-13-4-8-15(19)9-5-13/h4-11,17H,3,12H2,1-2H3,(H,20,21)/t17-/m0/s1. The van der Waals surface area contributed by atoms with Crippen molar-refractivity contribution in [1.29, 1.82) is 0 Å². The average Bonchev–Trinajstić information content (AvgIpc) is 2.55. The van der Waals surface area contributed by atoms with Gasteiger partial charge in [0.15, 0.2) is 0 Å². The maximum Gasteiger partial charge on any atom is 0.224 e. The first-order chi connectivity index (χ1) is 10.6. The van der Waals surface area contributed by atoms with Crippen LogP contribution in [0, 0.1) is 0 Å². The first kappa shape index (κ1) is 16.4. The van der Waals surface area contributed by atoms with Gasteiger partial charge in [0.25, 0.3) is 0 Å². The lowest BCUT2D eigenvalue weighted by Crippen LogP contribution is -2.29. The van der Waals surface area contributed by atoms with E-state index < -0.39 is 0 Å². The predicted octanol–water partition coefficient (Wildman–Crippen LogP) is 4.16. The van der Waals surface area contributed by atoms with Crippen molar-refractivity contribution in [2.24, 2.45) is 0 Å². The van der Waals surface area contributed by atoms with Crippen molar-refractivity contribution in [2.45, 2.75) is 25.8 Å². The van der Waals surface area contributed by atoms with Gasteiger partial charge >= 0.3 is 0 Å². The van der Waals surface area contributed by atoms with E-state index in [1.165, 1.54) is 0 Å². The van der Waals surface area contributed by atoms with E-state index in [9.17, 15) is 4.79 Å². The molecule has 4 heteroatoms. The molecule has 2 rings (SSSR count). The topological polar surface area (TPSA) is 38.3 Å². The van der Waals surface area contributed by atoms with Crippen LogP contribution < -0.4 is 10.1 Å². The summed E-state index contributed by atoms with van der Waals surface area (Å²) in [6.07, 6.45) is 1.18. The summed E-state index contributed by atoms with van der Waals surface area (Å²) in [5, 5.41) is 3.75. The van der Waals surface area contributed by atoms with Crippen LogP contribution in [0.25, 0.3) is 0 Å². The Morgan fingerprint density at radius 2 is 1.77 bits per heavy atom. The SMILES string of the molecule is CC[C@H](NC(=O)Cc1ccc(Cl)cc1)c1ccc(OC)cc1. The molecule has 2 aromatic rings. The molecule has 0 aliphatic rings. The fourth-order valence-electron chi connectivity index (χ4n) is 2.29. The number of nitrogens with one attached hydrogen (secondary N) is 1. The molecule has 0 aliphatic carbocycles. The lowest BCUT2D eigenvalue weighted by Gasteiger charge is -2.18. The fraction of sp³-hybridized carbons (Fsp3) is 0.278. The predicted molar refractivity (Wildman–Crippen MR) is 89.3 cm³/mol. The Kier molecular flexibility index (Phi) is 5.84. The van der Waals surface area contributed by atoms with Crippen LogP contribution in [0.15, 0.2) is 48.5 Å². The second-order valence-corrected chi connectivity index (χ2v) is 5.54. The van der Waals surface area contributed by atoms with Crippen molar-refractivity contribution in [1.82, 2.24) is 5.32 Å². The molecule has 0 heterocycles. The highest BCUT2D eigenvalue weighted by molar-refractivity contribution is 6.30. The first-order valence-corrected chi connectivity index (χ1v) is 7.68. The lowest BCUT2D eigenvalue weighted by atomic mass is 10.0. The van der Waals surface area contributed by atoms with Gasteiger partial charge in [0.2, 0.25) is 5.91 Å². The molecule has 2 aromatic carbocycles. The summed E-state index contributed by atoms with van der Waals surface area (Å²) in [7, 11) is 1.64. The van der Waals surface area contributed by atoms with E-state index in [4.69, 9.17) is 16.3 Å². The lowest BCUT2D eigenvalue weighted by molar-refractivity contribution is -0.121. The normalized spacial score (nSPS) is 11.8. The molecular formula is C18H20ClNO2. The maximum absolute atomic E-state index is 12.2. The van der Waals surface area contributed by atoms with Crippen molar-refractivity contribution in [3.63, 3.8) is 0 Å². The number of halogens is 1. The van der Waals surface area contributed by atoms with E-state index >= 15 is 0 Å². The minimum Gasteiger partial charge on any atom is -0.497 e. The number of benzene rings is 2. The van der Waals surface area contributed by atoms with Gasteiger partial charge in [-0.15, -0.1) is 0 Å². The zero-order chi connectivity index (χ0) is 15.9. The first-order valence-electron chi connectivity index (χ1n) is 7.30. The molecule has 0 bridgehead atoms. The molecule has 0 radical (unpaired) electrons. The van der Waals surface area contributed by atoms with Gasteiger partial charge in [-0.05, 0) is 41.8 Å². The summed E-state index contributed by atoms with van der Waals surface area (Å²) < 4.78 is 5.15. The fourth-order valence-corrected chi connectivity index (χ4v) is 2.42. The van der Waals surface area contributed by atoms with Crippen LogP contribution in [-0.4, -0.2) is 13.0 Å². The largest absolute Gasteiger partial charge is 0.497 e. The molecule has 0 saturated carbocycles. The zero-order valence-corrected chi connectivity index (χ0v) is 13.6. The number of carbonyl (C=O) groups excluding carboxylic acids is 1. The summed E-state index contributed by atoms with van der Waals surface area (Å²) in [4.78, 5) is 12.2. The van der Waals surface area contributed by atoms with Gasteiger partial charge in [-0.2, -0.15) is 0 Å². The van der Waals surface area contributed by atoms with Gasteiger partial charge in [0.05, 0.1) is 19.6 Å². The molecule has 1 N–H and O–H groups in total. The van der Waals surface area contributed by atoms with Crippen LogP contribution in [0.2, 0.25) is 5.02 Å². The van der Waals surface area contributed by atoms with Crippen molar-refractivity contribution in [2.75, 3.05) is 7.11 Å². The highest BCUT2D eigenvalue weighted by Gasteiger charge is 2.13. The molecule has 116 valence electrons. The van der Waals surface area contributed by atoms with E-state index in [0.29, 0.717) is 11.4 Å². The Labute approximate surface area is 136 Å². The van der Waals surface area contributed by atoms with Crippen molar-refractivity contribution in [3.05, 3.63) is 64.7 Å². The van der Waals surface area contributed by atoms with Gasteiger partial charge in [-0.1, -0.05) is 42.8 Å². The molecule has 0 spiro atoms. The van der Waals surface area contributed by atoms with Crippen LogP contribution in [0.3, 0.4) is 0 Å². The molecule has 3 nitrogen and oxygen atoms in total. The average molecular weight is 318 g/mol. The Morgan fingerprint density at radius 1 is 1.14 bits per heavy atom. The summed E-state index contributed by atoms with van der Waals surface area (Å²) in [5.74, 6) is 0.816. The quantitative estimate of drug-likeness (QED) is 0.868. The molecule has 0 saturated heterocycles. The highest BCUT2D eigenvalue weighted by Crippen LogP contribution is 2.20. The van der Waals surface area contributed by atoms with Gasteiger partial charge in [-0.3, -0.25) is 4.79 Å². The van der Waals surface area contributed by atoms with E-state index in [0.717, 1.165) is 23.3 Å². The van der Waals surface area contributed by atoms with Crippen molar-refractivity contribution in [3.8, 4) is 5.75 Å². The Bertz CT molecular complexity index is 608. The maximum atomic E-state index is 12.2.